The first-order valence-corrected chi connectivity index (χ1v) is 5.14. The number of hydrogen-bond acceptors (Lipinski definition) is 6. The van der Waals surface area contributed by atoms with E-state index < -0.39 is 29.5 Å². The first-order valence-electron chi connectivity index (χ1n) is 5.14. The first-order chi connectivity index (χ1) is 8.80. The van der Waals surface area contributed by atoms with Crippen molar-refractivity contribution in [3.63, 3.8) is 0 Å². The quantitative estimate of drug-likeness (QED) is 0.808. The van der Waals surface area contributed by atoms with Crippen molar-refractivity contribution in [3.8, 4) is 11.5 Å². The summed E-state index contributed by atoms with van der Waals surface area (Å²) in [4.78, 5) is 14.9. The molecule has 0 aromatic carbocycles. The Morgan fingerprint density at radius 1 is 1.53 bits per heavy atom. The molecule has 19 heavy (non-hydrogen) atoms. The smallest absolute Gasteiger partial charge is 0.503 e. The maximum absolute atomic E-state index is 12.2. The summed E-state index contributed by atoms with van der Waals surface area (Å²) in [5.41, 5.74) is 4.35. The Morgan fingerprint density at radius 2 is 2.16 bits per heavy atom. The second-order valence-corrected chi connectivity index (χ2v) is 3.28. The third kappa shape index (κ3) is 3.71. The van der Waals surface area contributed by atoms with Crippen LogP contribution in [0.4, 0.5) is 13.2 Å². The van der Waals surface area contributed by atoms with Gasteiger partial charge in [-0.05, 0) is 6.92 Å². The number of carbonyl (C=O) groups is 1. The van der Waals surface area contributed by atoms with Crippen molar-refractivity contribution < 1.29 is 32.5 Å². The van der Waals surface area contributed by atoms with Gasteiger partial charge in [-0.2, -0.15) is 0 Å². The van der Waals surface area contributed by atoms with Crippen LogP contribution in [0, 0.1) is 0 Å². The van der Waals surface area contributed by atoms with Gasteiger partial charge in [0.2, 0.25) is 0 Å². The summed E-state index contributed by atoms with van der Waals surface area (Å²) in [6.07, 6.45) is -4.12. The van der Waals surface area contributed by atoms with E-state index in [1.165, 1.54) is 6.92 Å². The maximum atomic E-state index is 12.2. The molecule has 0 saturated heterocycles. The summed E-state index contributed by atoms with van der Waals surface area (Å²) < 4.78 is 44.8. The molecule has 0 bridgehead atoms. The molecule has 0 amide bonds. The van der Waals surface area contributed by atoms with Crippen molar-refractivity contribution in [1.82, 2.24) is 4.98 Å². The number of alkyl halides is 3. The Morgan fingerprint density at radius 3 is 2.63 bits per heavy atom. The molecule has 1 rings (SSSR count). The van der Waals surface area contributed by atoms with E-state index in [9.17, 15) is 23.1 Å². The lowest BCUT2D eigenvalue weighted by molar-refractivity contribution is -0.275. The van der Waals surface area contributed by atoms with Crippen LogP contribution < -0.4 is 10.5 Å². The minimum absolute atomic E-state index is 0.0198. The van der Waals surface area contributed by atoms with E-state index in [-0.39, 0.29) is 18.7 Å². The van der Waals surface area contributed by atoms with Crippen molar-refractivity contribution in [2.75, 3.05) is 6.61 Å². The van der Waals surface area contributed by atoms with E-state index in [1.807, 2.05) is 0 Å². The first kappa shape index (κ1) is 15.0. The molecule has 0 aliphatic heterocycles. The van der Waals surface area contributed by atoms with Crippen molar-refractivity contribution in [3.05, 3.63) is 17.5 Å². The van der Waals surface area contributed by atoms with E-state index in [1.54, 1.807) is 0 Å². The molecule has 0 saturated carbocycles. The van der Waals surface area contributed by atoms with Crippen molar-refractivity contribution in [1.29, 1.82) is 0 Å². The predicted molar refractivity (Wildman–Crippen MR) is 56.4 cm³/mol. The fraction of sp³-hybridized carbons (Fsp3) is 0.400. The lowest BCUT2D eigenvalue weighted by Crippen LogP contribution is -2.20. The number of pyridine rings is 1. The van der Waals surface area contributed by atoms with Gasteiger partial charge in [0, 0.05) is 18.3 Å². The summed E-state index contributed by atoms with van der Waals surface area (Å²) in [7, 11) is 0. The van der Waals surface area contributed by atoms with Crippen LogP contribution in [0.1, 0.15) is 23.0 Å². The van der Waals surface area contributed by atoms with E-state index in [0.29, 0.717) is 0 Å². The number of nitrogens with two attached hydrogens (primary N) is 1. The molecule has 1 heterocycles. The minimum atomic E-state index is -5.03. The molecule has 0 spiro atoms. The van der Waals surface area contributed by atoms with Gasteiger partial charge in [-0.15, -0.1) is 13.2 Å². The van der Waals surface area contributed by atoms with Gasteiger partial charge in [-0.1, -0.05) is 0 Å². The van der Waals surface area contributed by atoms with E-state index in [2.05, 4.69) is 14.5 Å². The van der Waals surface area contributed by atoms with Gasteiger partial charge in [0.25, 0.3) is 0 Å². The van der Waals surface area contributed by atoms with Crippen molar-refractivity contribution in [2.45, 2.75) is 19.8 Å². The van der Waals surface area contributed by atoms with Crippen LogP contribution in [-0.2, 0) is 11.3 Å². The molecule has 0 aliphatic rings. The van der Waals surface area contributed by atoms with Crippen LogP contribution in [0.15, 0.2) is 6.20 Å². The molecule has 0 unspecified atom stereocenters. The highest BCUT2D eigenvalue weighted by Gasteiger charge is 2.35. The van der Waals surface area contributed by atoms with Gasteiger partial charge >= 0.3 is 12.3 Å². The number of carbonyl (C=O) groups excluding carboxylic acids is 1. The third-order valence-corrected chi connectivity index (χ3v) is 1.99. The minimum Gasteiger partial charge on any atom is -0.503 e. The number of esters is 1. The number of halogens is 3. The summed E-state index contributed by atoms with van der Waals surface area (Å²) in [5, 5.41) is 9.62. The van der Waals surface area contributed by atoms with Crippen LogP contribution in [0.5, 0.6) is 11.5 Å². The molecule has 0 atom stereocenters. The number of hydrogen-bond donors (Lipinski definition) is 2. The molecule has 0 radical (unpaired) electrons. The number of aromatic nitrogens is 1. The third-order valence-electron chi connectivity index (χ3n) is 1.99. The molecule has 6 nitrogen and oxygen atoms in total. The zero-order valence-electron chi connectivity index (χ0n) is 9.82. The lowest BCUT2D eigenvalue weighted by Gasteiger charge is -2.15. The van der Waals surface area contributed by atoms with Crippen LogP contribution in [0.25, 0.3) is 0 Å². The average molecular weight is 280 g/mol. The second kappa shape index (κ2) is 5.74. The van der Waals surface area contributed by atoms with E-state index in [4.69, 9.17) is 5.73 Å². The van der Waals surface area contributed by atoms with Gasteiger partial charge in [0.15, 0.2) is 17.2 Å². The van der Waals surface area contributed by atoms with Gasteiger partial charge in [-0.25, -0.2) is 9.78 Å². The normalized spacial score (nSPS) is 11.2. The monoisotopic (exact) mass is 280 g/mol. The van der Waals surface area contributed by atoms with Crippen LogP contribution >= 0.6 is 0 Å². The molecule has 0 aliphatic carbocycles. The van der Waals surface area contributed by atoms with Gasteiger partial charge in [0.1, 0.15) is 0 Å². The zero-order valence-corrected chi connectivity index (χ0v) is 9.82. The highest BCUT2D eigenvalue weighted by Crippen LogP contribution is 2.36. The molecule has 106 valence electrons. The summed E-state index contributed by atoms with van der Waals surface area (Å²) in [6, 6.07) is 0. The fourth-order valence-electron chi connectivity index (χ4n) is 1.25. The molecule has 0 fully saturated rings. The number of nitrogens with zero attached hydrogens (tertiary/aromatic N) is 1. The Labute approximate surface area is 105 Å². The Kier molecular flexibility index (Phi) is 4.54. The van der Waals surface area contributed by atoms with Crippen molar-refractivity contribution in [2.24, 2.45) is 5.73 Å². The fourth-order valence-corrected chi connectivity index (χ4v) is 1.25. The molecular weight excluding hydrogens is 269 g/mol. The second-order valence-electron chi connectivity index (χ2n) is 3.28. The Bertz CT molecular complexity index is 477. The number of rotatable bonds is 4. The maximum Gasteiger partial charge on any atom is 0.573 e. The number of aromatic hydroxyl groups is 1. The molecule has 9 heteroatoms. The van der Waals surface area contributed by atoms with Gasteiger partial charge in [0.05, 0.1) is 6.61 Å². The molecule has 3 N–H and O–H groups in total. The Balaban J connectivity index is 3.25. The van der Waals surface area contributed by atoms with Crippen LogP contribution in [0.2, 0.25) is 0 Å². The standard InChI is InChI=1S/C10H11F3N2O4/c1-2-18-9(17)6-7(16)8(19-10(11,12)13)5(3-14)4-15-6/h4,16H,2-3,14H2,1H3. The summed E-state index contributed by atoms with van der Waals surface area (Å²) in [6.45, 7) is 1.12. The molecular formula is C10H11F3N2O4. The molecule has 1 aromatic rings. The Hall–Kier alpha value is -2.03. The van der Waals surface area contributed by atoms with E-state index >= 15 is 0 Å². The topological polar surface area (TPSA) is 94.7 Å². The largest absolute Gasteiger partial charge is 0.573 e. The van der Waals surface area contributed by atoms with Gasteiger partial charge < -0.3 is 20.3 Å². The average Bonchev–Trinajstić information content (AvgIpc) is 2.30. The highest BCUT2D eigenvalue weighted by molar-refractivity contribution is 5.91. The van der Waals surface area contributed by atoms with Crippen LogP contribution in [-0.4, -0.2) is 29.0 Å². The summed E-state index contributed by atoms with van der Waals surface area (Å²) >= 11 is 0. The number of ether oxygens (including phenoxy) is 2. The summed E-state index contributed by atoms with van der Waals surface area (Å²) in [5.74, 6) is -3.07. The van der Waals surface area contributed by atoms with Crippen LogP contribution in [0.3, 0.4) is 0 Å². The molecule has 1 aromatic heterocycles. The lowest BCUT2D eigenvalue weighted by atomic mass is 10.2. The highest BCUT2D eigenvalue weighted by atomic mass is 19.4. The van der Waals surface area contributed by atoms with Crippen molar-refractivity contribution >= 4 is 5.97 Å². The predicted octanol–water partition coefficient (Wildman–Crippen LogP) is 1.32. The SMILES string of the molecule is CCOC(=O)c1ncc(CN)c(OC(F)(F)F)c1O. The van der Waals surface area contributed by atoms with Gasteiger partial charge in [-0.3, -0.25) is 0 Å². The zero-order chi connectivity index (χ0) is 14.6. The van der Waals surface area contributed by atoms with E-state index in [0.717, 1.165) is 6.20 Å².